The van der Waals surface area contributed by atoms with Gasteiger partial charge in [-0.05, 0) is 36.3 Å². The summed E-state index contributed by atoms with van der Waals surface area (Å²) in [5.41, 5.74) is 1.94. The summed E-state index contributed by atoms with van der Waals surface area (Å²) in [6, 6.07) is 19.4. The van der Waals surface area contributed by atoms with E-state index in [4.69, 9.17) is 14.7 Å². The molecule has 0 aliphatic rings. The van der Waals surface area contributed by atoms with Crippen LogP contribution in [0.4, 0.5) is 0 Å². The second kappa shape index (κ2) is 12.8. The van der Waals surface area contributed by atoms with Gasteiger partial charge in [0.05, 0.1) is 25.5 Å². The van der Waals surface area contributed by atoms with E-state index in [0.717, 1.165) is 16.9 Å². The first-order valence-corrected chi connectivity index (χ1v) is 9.88. The molecule has 0 aliphatic heterocycles. The van der Waals surface area contributed by atoms with Crippen LogP contribution in [-0.2, 0) is 20.9 Å². The van der Waals surface area contributed by atoms with Gasteiger partial charge in [0.1, 0.15) is 12.4 Å². The van der Waals surface area contributed by atoms with Crippen LogP contribution >= 0.6 is 0 Å². The Bertz CT molecular complexity index is 870. The average molecular weight is 406 g/mol. The highest BCUT2D eigenvalue weighted by molar-refractivity contribution is 5.92. The molecule has 0 fully saturated rings. The molecule has 2 aromatic rings. The molecular weight excluding hydrogens is 380 g/mol. The van der Waals surface area contributed by atoms with Gasteiger partial charge in [0, 0.05) is 19.2 Å². The Morgan fingerprint density at radius 1 is 1.07 bits per heavy atom. The number of nitrogens with zero attached hydrogens (tertiary/aromatic N) is 2. The first-order valence-electron chi connectivity index (χ1n) is 9.88. The Morgan fingerprint density at radius 2 is 1.80 bits per heavy atom. The maximum absolute atomic E-state index is 12.5. The maximum Gasteiger partial charge on any atom is 0.307 e. The molecule has 2 rings (SSSR count). The molecule has 0 N–H and O–H groups in total. The molecule has 0 heterocycles. The standard InChI is InChI=1S/C24H26N2O4/c1-2-29-24(28)15-18-26(17-6-16-25)23(27)14-11-20-9-12-22(13-10-20)30-19-21-7-4-3-5-8-21/h3-5,7-14H,2,6,15,17-19H2,1H3/b14-11+. The third-order valence-electron chi connectivity index (χ3n) is 4.24. The van der Waals surface area contributed by atoms with E-state index in [0.29, 0.717) is 13.2 Å². The number of nitriles is 1. The van der Waals surface area contributed by atoms with E-state index in [1.54, 1.807) is 13.0 Å². The van der Waals surface area contributed by atoms with Gasteiger partial charge in [-0.2, -0.15) is 5.26 Å². The van der Waals surface area contributed by atoms with E-state index in [2.05, 4.69) is 0 Å². The average Bonchev–Trinajstić information content (AvgIpc) is 2.77. The fourth-order valence-electron chi connectivity index (χ4n) is 2.67. The molecule has 0 atom stereocenters. The summed E-state index contributed by atoms with van der Waals surface area (Å²) in [5, 5.41) is 8.80. The summed E-state index contributed by atoms with van der Waals surface area (Å²) in [6.45, 7) is 3.01. The Hall–Kier alpha value is -3.59. The number of hydrogen-bond acceptors (Lipinski definition) is 5. The lowest BCUT2D eigenvalue weighted by atomic mass is 10.2. The molecule has 6 nitrogen and oxygen atoms in total. The Morgan fingerprint density at radius 3 is 2.47 bits per heavy atom. The molecule has 0 radical (unpaired) electrons. The van der Waals surface area contributed by atoms with Gasteiger partial charge < -0.3 is 14.4 Å². The fourth-order valence-corrected chi connectivity index (χ4v) is 2.67. The van der Waals surface area contributed by atoms with Gasteiger partial charge >= 0.3 is 5.97 Å². The number of carbonyl (C=O) groups is 2. The van der Waals surface area contributed by atoms with Gasteiger partial charge in [0.25, 0.3) is 0 Å². The molecule has 0 aliphatic carbocycles. The number of benzene rings is 2. The van der Waals surface area contributed by atoms with Gasteiger partial charge in [-0.25, -0.2) is 0 Å². The zero-order valence-electron chi connectivity index (χ0n) is 17.1. The monoisotopic (exact) mass is 406 g/mol. The maximum atomic E-state index is 12.5. The first kappa shape index (κ1) is 22.7. The summed E-state index contributed by atoms with van der Waals surface area (Å²) in [6.07, 6.45) is 3.46. The molecule has 0 unspecified atom stereocenters. The van der Waals surface area contributed by atoms with Gasteiger partial charge in [-0.15, -0.1) is 0 Å². The number of ether oxygens (including phenoxy) is 2. The lowest BCUT2D eigenvalue weighted by Gasteiger charge is -2.19. The Kier molecular flexibility index (Phi) is 9.67. The predicted molar refractivity (Wildman–Crippen MR) is 114 cm³/mol. The van der Waals surface area contributed by atoms with Crippen molar-refractivity contribution in [3.05, 3.63) is 71.8 Å². The molecule has 0 aromatic heterocycles. The van der Waals surface area contributed by atoms with Crippen molar-refractivity contribution in [1.82, 2.24) is 4.90 Å². The zero-order chi connectivity index (χ0) is 21.6. The van der Waals surface area contributed by atoms with Crippen LogP contribution in [0.3, 0.4) is 0 Å². The van der Waals surface area contributed by atoms with Crippen molar-refractivity contribution >= 4 is 18.0 Å². The minimum Gasteiger partial charge on any atom is -0.489 e. The summed E-state index contributed by atoms with van der Waals surface area (Å²) >= 11 is 0. The molecular formula is C24H26N2O4. The van der Waals surface area contributed by atoms with E-state index in [-0.39, 0.29) is 37.8 Å². The number of carbonyl (C=O) groups excluding carboxylic acids is 2. The third-order valence-corrected chi connectivity index (χ3v) is 4.24. The number of amides is 1. The van der Waals surface area contributed by atoms with E-state index in [1.807, 2.05) is 60.7 Å². The molecule has 0 saturated heterocycles. The quantitative estimate of drug-likeness (QED) is 0.417. The van der Waals surface area contributed by atoms with E-state index in [1.165, 1.54) is 11.0 Å². The summed E-state index contributed by atoms with van der Waals surface area (Å²) in [7, 11) is 0. The molecule has 1 amide bonds. The smallest absolute Gasteiger partial charge is 0.307 e. The van der Waals surface area contributed by atoms with Crippen LogP contribution in [-0.4, -0.2) is 36.5 Å². The molecule has 156 valence electrons. The molecule has 0 bridgehead atoms. The first-order chi connectivity index (χ1) is 14.6. The predicted octanol–water partition coefficient (Wildman–Crippen LogP) is 3.97. The van der Waals surface area contributed by atoms with E-state index in [9.17, 15) is 9.59 Å². The summed E-state index contributed by atoms with van der Waals surface area (Å²) in [4.78, 5) is 25.5. The Balaban J connectivity index is 1.90. The summed E-state index contributed by atoms with van der Waals surface area (Å²) in [5.74, 6) is 0.133. The highest BCUT2D eigenvalue weighted by atomic mass is 16.5. The molecule has 0 spiro atoms. The van der Waals surface area contributed by atoms with Crippen LogP contribution in [0.5, 0.6) is 5.75 Å². The SMILES string of the molecule is CCOC(=O)CCN(CCC#N)C(=O)/C=C/c1ccc(OCc2ccccc2)cc1. The lowest BCUT2D eigenvalue weighted by molar-refractivity contribution is -0.143. The van der Waals surface area contributed by atoms with E-state index >= 15 is 0 Å². The highest BCUT2D eigenvalue weighted by Gasteiger charge is 2.13. The van der Waals surface area contributed by atoms with E-state index < -0.39 is 0 Å². The second-order valence-electron chi connectivity index (χ2n) is 6.47. The van der Waals surface area contributed by atoms with Crippen LogP contribution < -0.4 is 4.74 Å². The zero-order valence-corrected chi connectivity index (χ0v) is 17.1. The molecule has 0 saturated carbocycles. The fraction of sp³-hybridized carbons (Fsp3) is 0.292. The number of hydrogen-bond donors (Lipinski definition) is 0. The number of rotatable bonds is 11. The minimum atomic E-state index is -0.359. The summed E-state index contributed by atoms with van der Waals surface area (Å²) < 4.78 is 10.6. The normalized spacial score (nSPS) is 10.4. The second-order valence-corrected chi connectivity index (χ2v) is 6.47. The number of esters is 1. The van der Waals surface area contributed by atoms with Gasteiger partial charge in [0.15, 0.2) is 0 Å². The van der Waals surface area contributed by atoms with Crippen LogP contribution in [0.1, 0.15) is 30.9 Å². The van der Waals surface area contributed by atoms with Crippen LogP contribution in [0, 0.1) is 11.3 Å². The molecule has 30 heavy (non-hydrogen) atoms. The van der Waals surface area contributed by atoms with Gasteiger partial charge in [0.2, 0.25) is 5.91 Å². The third kappa shape index (κ3) is 8.19. The largest absolute Gasteiger partial charge is 0.489 e. The van der Waals surface area contributed by atoms with Crippen molar-refractivity contribution < 1.29 is 19.1 Å². The van der Waals surface area contributed by atoms with Crippen LogP contribution in [0.25, 0.3) is 6.08 Å². The van der Waals surface area contributed by atoms with Gasteiger partial charge in [-0.1, -0.05) is 42.5 Å². The van der Waals surface area contributed by atoms with Crippen molar-refractivity contribution in [3.63, 3.8) is 0 Å². The lowest BCUT2D eigenvalue weighted by Crippen LogP contribution is -2.32. The van der Waals surface area contributed by atoms with Crippen LogP contribution in [0.2, 0.25) is 0 Å². The van der Waals surface area contributed by atoms with Crippen molar-refractivity contribution in [2.75, 3.05) is 19.7 Å². The van der Waals surface area contributed by atoms with Gasteiger partial charge in [-0.3, -0.25) is 9.59 Å². The van der Waals surface area contributed by atoms with Crippen molar-refractivity contribution in [1.29, 1.82) is 5.26 Å². The molecule has 6 heteroatoms. The minimum absolute atomic E-state index is 0.103. The Labute approximate surface area is 177 Å². The van der Waals surface area contributed by atoms with Crippen molar-refractivity contribution in [2.24, 2.45) is 0 Å². The molecule has 2 aromatic carbocycles. The van der Waals surface area contributed by atoms with Crippen molar-refractivity contribution in [2.45, 2.75) is 26.4 Å². The topological polar surface area (TPSA) is 79.6 Å². The van der Waals surface area contributed by atoms with Crippen LogP contribution in [0.15, 0.2) is 60.7 Å². The van der Waals surface area contributed by atoms with Crippen molar-refractivity contribution in [3.8, 4) is 11.8 Å². The highest BCUT2D eigenvalue weighted by Crippen LogP contribution is 2.15.